The van der Waals surface area contributed by atoms with Gasteiger partial charge in [-0.15, -0.1) is 0 Å². The molecule has 0 atom stereocenters. The summed E-state index contributed by atoms with van der Waals surface area (Å²) in [7, 11) is 1.37. The smallest absolute Gasteiger partial charge is 0.339 e. The molecule has 0 spiro atoms. The van der Waals surface area contributed by atoms with Crippen LogP contribution in [0.2, 0.25) is 0 Å². The first-order chi connectivity index (χ1) is 8.67. The molecule has 1 aromatic carbocycles. The van der Waals surface area contributed by atoms with Gasteiger partial charge < -0.3 is 14.7 Å². The fourth-order valence-electron chi connectivity index (χ4n) is 1.95. The highest BCUT2D eigenvalue weighted by Crippen LogP contribution is 2.23. The molecule has 0 heterocycles. The van der Waals surface area contributed by atoms with Gasteiger partial charge in [0, 0.05) is 13.1 Å². The van der Waals surface area contributed by atoms with Gasteiger partial charge in [-0.1, -0.05) is 13.0 Å². The van der Waals surface area contributed by atoms with Crippen molar-refractivity contribution in [2.45, 2.75) is 26.9 Å². The molecule has 0 bridgehead atoms. The number of esters is 1. The maximum Gasteiger partial charge on any atom is 0.339 e. The Kier molecular flexibility index (Phi) is 5.65. The highest BCUT2D eigenvalue weighted by molar-refractivity contribution is 5.96. The minimum absolute atomic E-state index is 0.0792. The predicted molar refractivity (Wildman–Crippen MR) is 71.9 cm³/mol. The summed E-state index contributed by atoms with van der Waals surface area (Å²) >= 11 is 0. The zero-order valence-electron chi connectivity index (χ0n) is 11.3. The van der Waals surface area contributed by atoms with Gasteiger partial charge in [-0.2, -0.15) is 0 Å². The van der Waals surface area contributed by atoms with Crippen LogP contribution in [-0.4, -0.2) is 31.3 Å². The van der Waals surface area contributed by atoms with E-state index in [1.807, 2.05) is 12.1 Å². The molecular weight excluding hydrogens is 230 g/mol. The molecule has 0 aliphatic rings. The van der Waals surface area contributed by atoms with Crippen LogP contribution in [0.3, 0.4) is 0 Å². The molecule has 1 N–H and O–H groups in total. The standard InChI is InChI=1S/C14H21NO3/c1-4-8-15(5-2)13-7-6-11(10-16)9-12(13)14(17)18-3/h6-7,9,16H,4-5,8,10H2,1-3H3. The average Bonchev–Trinajstić information content (AvgIpc) is 2.43. The molecule has 4 nitrogen and oxygen atoms in total. The van der Waals surface area contributed by atoms with E-state index in [-0.39, 0.29) is 12.6 Å². The summed E-state index contributed by atoms with van der Waals surface area (Å²) < 4.78 is 4.80. The molecule has 1 rings (SSSR count). The third-order valence-corrected chi connectivity index (χ3v) is 2.86. The first kappa shape index (κ1) is 14.5. The largest absolute Gasteiger partial charge is 0.465 e. The summed E-state index contributed by atoms with van der Waals surface area (Å²) in [6.45, 7) is 5.79. The lowest BCUT2D eigenvalue weighted by Gasteiger charge is -2.24. The van der Waals surface area contributed by atoms with Crippen molar-refractivity contribution in [1.82, 2.24) is 0 Å². The molecule has 1 aromatic rings. The SMILES string of the molecule is CCCN(CC)c1ccc(CO)cc1C(=O)OC. The quantitative estimate of drug-likeness (QED) is 0.787. The number of anilines is 1. The van der Waals surface area contributed by atoms with Crippen LogP contribution in [0.5, 0.6) is 0 Å². The van der Waals surface area contributed by atoms with Crippen molar-refractivity contribution in [2.24, 2.45) is 0 Å². The second kappa shape index (κ2) is 7.01. The van der Waals surface area contributed by atoms with Crippen molar-refractivity contribution in [3.05, 3.63) is 29.3 Å². The molecular formula is C14H21NO3. The minimum Gasteiger partial charge on any atom is -0.465 e. The van der Waals surface area contributed by atoms with Crippen LogP contribution in [-0.2, 0) is 11.3 Å². The van der Waals surface area contributed by atoms with E-state index in [2.05, 4.69) is 18.7 Å². The fourth-order valence-corrected chi connectivity index (χ4v) is 1.95. The number of carbonyl (C=O) groups is 1. The molecule has 0 saturated carbocycles. The molecule has 0 unspecified atom stereocenters. The second-order valence-electron chi connectivity index (χ2n) is 4.08. The van der Waals surface area contributed by atoms with E-state index in [4.69, 9.17) is 9.84 Å². The first-order valence-corrected chi connectivity index (χ1v) is 6.24. The van der Waals surface area contributed by atoms with Crippen molar-refractivity contribution in [1.29, 1.82) is 0 Å². The molecule has 0 aromatic heterocycles. The molecule has 0 amide bonds. The Hall–Kier alpha value is -1.55. The Bertz CT molecular complexity index is 404. The summed E-state index contributed by atoms with van der Waals surface area (Å²) in [5, 5.41) is 9.14. The predicted octanol–water partition coefficient (Wildman–Crippen LogP) is 2.20. The summed E-state index contributed by atoms with van der Waals surface area (Å²) in [5.74, 6) is -0.366. The number of aliphatic hydroxyl groups excluding tert-OH is 1. The van der Waals surface area contributed by atoms with Crippen LogP contribution >= 0.6 is 0 Å². The average molecular weight is 251 g/mol. The summed E-state index contributed by atoms with van der Waals surface area (Å²) in [5.41, 5.74) is 2.09. The van der Waals surface area contributed by atoms with Gasteiger partial charge in [0.15, 0.2) is 0 Å². The van der Waals surface area contributed by atoms with E-state index in [1.54, 1.807) is 6.07 Å². The number of methoxy groups -OCH3 is 1. The summed E-state index contributed by atoms with van der Waals surface area (Å²) in [6.07, 6.45) is 1.01. The number of aliphatic hydroxyl groups is 1. The van der Waals surface area contributed by atoms with Crippen LogP contribution in [0.4, 0.5) is 5.69 Å². The zero-order chi connectivity index (χ0) is 13.5. The van der Waals surface area contributed by atoms with Gasteiger partial charge in [-0.25, -0.2) is 4.79 Å². The van der Waals surface area contributed by atoms with E-state index in [9.17, 15) is 4.79 Å². The van der Waals surface area contributed by atoms with Crippen LogP contribution in [0, 0.1) is 0 Å². The minimum atomic E-state index is -0.366. The van der Waals surface area contributed by atoms with E-state index in [0.717, 1.165) is 25.2 Å². The summed E-state index contributed by atoms with van der Waals surface area (Å²) in [4.78, 5) is 13.9. The van der Waals surface area contributed by atoms with E-state index < -0.39 is 0 Å². The number of rotatable bonds is 6. The zero-order valence-corrected chi connectivity index (χ0v) is 11.3. The van der Waals surface area contributed by atoms with Crippen LogP contribution < -0.4 is 4.90 Å². The normalized spacial score (nSPS) is 10.2. The van der Waals surface area contributed by atoms with Crippen LogP contribution in [0.1, 0.15) is 36.2 Å². The molecule has 0 aliphatic heterocycles. The number of hydrogen-bond donors (Lipinski definition) is 1. The molecule has 0 aliphatic carbocycles. The van der Waals surface area contributed by atoms with E-state index in [1.165, 1.54) is 7.11 Å². The van der Waals surface area contributed by atoms with Crippen molar-refractivity contribution in [3.63, 3.8) is 0 Å². The van der Waals surface area contributed by atoms with Crippen LogP contribution in [0.15, 0.2) is 18.2 Å². The Balaban J connectivity index is 3.19. The lowest BCUT2D eigenvalue weighted by molar-refractivity contribution is 0.0601. The number of hydrogen-bond acceptors (Lipinski definition) is 4. The number of nitrogens with zero attached hydrogens (tertiary/aromatic N) is 1. The highest BCUT2D eigenvalue weighted by Gasteiger charge is 2.16. The lowest BCUT2D eigenvalue weighted by atomic mass is 10.1. The van der Waals surface area contributed by atoms with Gasteiger partial charge in [0.2, 0.25) is 0 Å². The van der Waals surface area contributed by atoms with Crippen molar-refractivity contribution in [2.75, 3.05) is 25.1 Å². The maximum absolute atomic E-state index is 11.8. The first-order valence-electron chi connectivity index (χ1n) is 6.24. The van der Waals surface area contributed by atoms with Gasteiger partial charge in [0.05, 0.1) is 25.0 Å². The Morgan fingerprint density at radius 3 is 2.61 bits per heavy atom. The Morgan fingerprint density at radius 1 is 1.39 bits per heavy atom. The Morgan fingerprint density at radius 2 is 2.11 bits per heavy atom. The van der Waals surface area contributed by atoms with Crippen LogP contribution in [0.25, 0.3) is 0 Å². The van der Waals surface area contributed by atoms with Gasteiger partial charge >= 0.3 is 5.97 Å². The Labute approximate surface area is 108 Å². The van der Waals surface area contributed by atoms with Gasteiger partial charge in [0.1, 0.15) is 0 Å². The van der Waals surface area contributed by atoms with Gasteiger partial charge in [-0.05, 0) is 31.0 Å². The molecule has 0 saturated heterocycles. The second-order valence-corrected chi connectivity index (χ2v) is 4.08. The highest BCUT2D eigenvalue weighted by atomic mass is 16.5. The van der Waals surface area contributed by atoms with Gasteiger partial charge in [-0.3, -0.25) is 0 Å². The molecule has 0 fully saturated rings. The number of carbonyl (C=O) groups excluding carboxylic acids is 1. The topological polar surface area (TPSA) is 49.8 Å². The molecule has 18 heavy (non-hydrogen) atoms. The molecule has 100 valence electrons. The maximum atomic E-state index is 11.8. The third kappa shape index (κ3) is 3.23. The van der Waals surface area contributed by atoms with Gasteiger partial charge in [0.25, 0.3) is 0 Å². The van der Waals surface area contributed by atoms with E-state index in [0.29, 0.717) is 11.1 Å². The lowest BCUT2D eigenvalue weighted by Crippen LogP contribution is -2.25. The molecule has 4 heteroatoms. The van der Waals surface area contributed by atoms with Crippen molar-refractivity contribution in [3.8, 4) is 0 Å². The monoisotopic (exact) mass is 251 g/mol. The third-order valence-electron chi connectivity index (χ3n) is 2.86. The summed E-state index contributed by atoms with van der Waals surface area (Å²) in [6, 6.07) is 5.40. The van der Waals surface area contributed by atoms with E-state index >= 15 is 0 Å². The number of ether oxygens (including phenoxy) is 1. The fraction of sp³-hybridized carbons (Fsp3) is 0.500. The van der Waals surface area contributed by atoms with Crippen molar-refractivity contribution >= 4 is 11.7 Å². The van der Waals surface area contributed by atoms with Crippen molar-refractivity contribution < 1.29 is 14.6 Å². The number of benzene rings is 1. The molecule has 0 radical (unpaired) electrons.